The predicted molar refractivity (Wildman–Crippen MR) is 118 cm³/mol. The smallest absolute Gasteiger partial charge is 0.238 e. The average molecular weight is 504 g/mol. The van der Waals surface area contributed by atoms with Gasteiger partial charge in [-0.05, 0) is 42.3 Å². The van der Waals surface area contributed by atoms with Gasteiger partial charge in [0.25, 0.3) is 0 Å². The van der Waals surface area contributed by atoms with E-state index in [9.17, 15) is 8.42 Å². The third-order valence-corrected chi connectivity index (χ3v) is 4.56. The summed E-state index contributed by atoms with van der Waals surface area (Å²) in [6, 6.07) is 14.2. The Bertz CT molecular complexity index is 838. The van der Waals surface area contributed by atoms with Gasteiger partial charge in [0.05, 0.1) is 18.6 Å². The van der Waals surface area contributed by atoms with E-state index in [0.29, 0.717) is 19.0 Å². The molecule has 0 fully saturated rings. The molecule has 0 aliphatic rings. The van der Waals surface area contributed by atoms with Crippen LogP contribution >= 0.6 is 24.0 Å². The van der Waals surface area contributed by atoms with Gasteiger partial charge in [-0.25, -0.2) is 18.5 Å². The van der Waals surface area contributed by atoms with E-state index in [1.807, 2.05) is 31.2 Å². The molecular formula is C18H25IN4O3S. The molecule has 0 unspecified atom stereocenters. The van der Waals surface area contributed by atoms with Crippen LogP contribution in [-0.2, 0) is 23.1 Å². The van der Waals surface area contributed by atoms with E-state index in [0.717, 1.165) is 23.4 Å². The number of hydrogen-bond donors (Lipinski definition) is 3. The van der Waals surface area contributed by atoms with Crippen LogP contribution in [0.2, 0.25) is 0 Å². The van der Waals surface area contributed by atoms with Crippen LogP contribution in [0.5, 0.6) is 5.75 Å². The molecule has 2 aromatic rings. The van der Waals surface area contributed by atoms with Gasteiger partial charge in [0, 0.05) is 13.1 Å². The van der Waals surface area contributed by atoms with Crippen molar-refractivity contribution in [2.45, 2.75) is 24.9 Å². The Kier molecular flexibility index (Phi) is 9.53. The molecule has 9 heteroatoms. The summed E-state index contributed by atoms with van der Waals surface area (Å²) in [4.78, 5) is 4.65. The molecule has 0 aliphatic carbocycles. The number of methoxy groups -OCH3 is 1. The van der Waals surface area contributed by atoms with Crippen molar-refractivity contribution >= 4 is 40.0 Å². The maximum atomic E-state index is 11.3. The number of nitrogens with one attached hydrogen (secondary N) is 2. The first-order valence-corrected chi connectivity index (χ1v) is 9.74. The lowest BCUT2D eigenvalue weighted by Gasteiger charge is -2.12. The number of nitrogens with two attached hydrogens (primary N) is 1. The molecule has 0 aromatic heterocycles. The van der Waals surface area contributed by atoms with E-state index in [2.05, 4.69) is 15.6 Å². The number of benzene rings is 2. The van der Waals surface area contributed by atoms with Crippen LogP contribution in [-0.4, -0.2) is 28.0 Å². The number of ether oxygens (including phenoxy) is 1. The Morgan fingerprint density at radius 3 is 2.15 bits per heavy atom. The average Bonchev–Trinajstić information content (AvgIpc) is 2.64. The first-order valence-electron chi connectivity index (χ1n) is 8.19. The molecule has 0 aliphatic heterocycles. The van der Waals surface area contributed by atoms with Crippen LogP contribution in [0.4, 0.5) is 0 Å². The third-order valence-electron chi connectivity index (χ3n) is 3.63. The summed E-state index contributed by atoms with van der Waals surface area (Å²) in [7, 11) is -2.03. The van der Waals surface area contributed by atoms with Crippen molar-refractivity contribution in [3.8, 4) is 5.75 Å². The molecule has 0 saturated carbocycles. The predicted octanol–water partition coefficient (Wildman–Crippen LogP) is 2.22. The lowest BCUT2D eigenvalue weighted by molar-refractivity contribution is 0.414. The van der Waals surface area contributed by atoms with Crippen molar-refractivity contribution < 1.29 is 13.2 Å². The van der Waals surface area contributed by atoms with E-state index in [1.165, 1.54) is 12.1 Å². The van der Waals surface area contributed by atoms with Gasteiger partial charge in [-0.15, -0.1) is 24.0 Å². The summed E-state index contributed by atoms with van der Waals surface area (Å²) in [6.07, 6.45) is 0. The Hall–Kier alpha value is -1.85. The minimum atomic E-state index is -3.67. The molecule has 2 aromatic carbocycles. The molecule has 2 rings (SSSR count). The topological polar surface area (TPSA) is 106 Å². The molecule has 0 heterocycles. The molecular weight excluding hydrogens is 479 g/mol. The molecule has 0 saturated heterocycles. The molecule has 0 bridgehead atoms. The number of rotatable bonds is 7. The third kappa shape index (κ3) is 7.73. The highest BCUT2D eigenvalue weighted by Gasteiger charge is 2.07. The Labute approximate surface area is 177 Å². The van der Waals surface area contributed by atoms with E-state index in [1.54, 1.807) is 19.2 Å². The van der Waals surface area contributed by atoms with Gasteiger partial charge >= 0.3 is 0 Å². The molecule has 0 radical (unpaired) electrons. The van der Waals surface area contributed by atoms with E-state index in [-0.39, 0.29) is 28.9 Å². The fourth-order valence-electron chi connectivity index (χ4n) is 2.23. The fourth-order valence-corrected chi connectivity index (χ4v) is 2.74. The van der Waals surface area contributed by atoms with Crippen LogP contribution in [0, 0.1) is 0 Å². The van der Waals surface area contributed by atoms with Crippen LogP contribution in [0.3, 0.4) is 0 Å². The molecule has 27 heavy (non-hydrogen) atoms. The van der Waals surface area contributed by atoms with Crippen LogP contribution in [0.1, 0.15) is 18.1 Å². The zero-order valence-electron chi connectivity index (χ0n) is 15.3. The van der Waals surface area contributed by atoms with Gasteiger partial charge in [-0.3, -0.25) is 0 Å². The standard InChI is InChI=1S/C18H24N4O3S.HI/c1-3-20-18(21-12-14-4-8-16(25-2)9-5-14)22-13-15-6-10-17(11-7-15)26(19,23)24;/h4-11H,3,12-13H2,1-2H3,(H2,19,23,24)(H2,20,21,22);1H. The highest BCUT2D eigenvalue weighted by molar-refractivity contribution is 14.0. The molecule has 4 N–H and O–H groups in total. The van der Waals surface area contributed by atoms with Gasteiger partial charge in [0.1, 0.15) is 5.75 Å². The summed E-state index contributed by atoms with van der Waals surface area (Å²) in [5.74, 6) is 1.49. The van der Waals surface area contributed by atoms with Crippen LogP contribution in [0.15, 0.2) is 58.4 Å². The zero-order valence-corrected chi connectivity index (χ0v) is 18.5. The summed E-state index contributed by atoms with van der Waals surface area (Å²) in [5, 5.41) is 11.5. The van der Waals surface area contributed by atoms with E-state index in [4.69, 9.17) is 9.88 Å². The second kappa shape index (κ2) is 11.1. The Morgan fingerprint density at radius 2 is 1.63 bits per heavy atom. The summed E-state index contributed by atoms with van der Waals surface area (Å²) in [6.45, 7) is 3.77. The van der Waals surface area contributed by atoms with Crippen molar-refractivity contribution in [2.75, 3.05) is 13.7 Å². The Balaban J connectivity index is 0.00000364. The van der Waals surface area contributed by atoms with Gasteiger partial charge in [-0.1, -0.05) is 24.3 Å². The first kappa shape index (κ1) is 23.2. The van der Waals surface area contributed by atoms with Crippen molar-refractivity contribution in [1.82, 2.24) is 10.6 Å². The fraction of sp³-hybridized carbons (Fsp3) is 0.278. The van der Waals surface area contributed by atoms with Crippen molar-refractivity contribution in [3.05, 3.63) is 59.7 Å². The minimum absolute atomic E-state index is 0. The largest absolute Gasteiger partial charge is 0.497 e. The summed E-state index contributed by atoms with van der Waals surface area (Å²) >= 11 is 0. The van der Waals surface area contributed by atoms with Gasteiger partial charge < -0.3 is 15.4 Å². The second-order valence-electron chi connectivity index (χ2n) is 5.59. The first-order chi connectivity index (χ1) is 12.4. The normalized spacial score (nSPS) is 11.4. The maximum Gasteiger partial charge on any atom is 0.238 e. The number of hydrogen-bond acceptors (Lipinski definition) is 4. The van der Waals surface area contributed by atoms with Crippen molar-refractivity contribution in [3.63, 3.8) is 0 Å². The highest BCUT2D eigenvalue weighted by atomic mass is 127. The van der Waals surface area contributed by atoms with Gasteiger partial charge in [-0.2, -0.15) is 0 Å². The molecule has 0 atom stereocenters. The number of nitrogens with zero attached hydrogens (tertiary/aromatic N) is 1. The SMILES string of the molecule is CCNC(=NCc1ccc(OC)cc1)NCc1ccc(S(N)(=O)=O)cc1.I. The zero-order chi connectivity index (χ0) is 19.0. The number of primary sulfonamides is 1. The number of aliphatic imine (C=N–C) groups is 1. The number of guanidine groups is 1. The van der Waals surface area contributed by atoms with Crippen molar-refractivity contribution in [1.29, 1.82) is 0 Å². The number of sulfonamides is 1. The highest BCUT2D eigenvalue weighted by Crippen LogP contribution is 2.12. The monoisotopic (exact) mass is 504 g/mol. The Morgan fingerprint density at radius 1 is 1.04 bits per heavy atom. The molecule has 0 spiro atoms. The van der Waals surface area contributed by atoms with Crippen LogP contribution in [0.25, 0.3) is 0 Å². The molecule has 0 amide bonds. The molecule has 7 nitrogen and oxygen atoms in total. The maximum absolute atomic E-state index is 11.3. The minimum Gasteiger partial charge on any atom is -0.497 e. The van der Waals surface area contributed by atoms with Crippen LogP contribution < -0.4 is 20.5 Å². The number of halogens is 1. The van der Waals surface area contributed by atoms with Crippen molar-refractivity contribution in [2.24, 2.45) is 10.1 Å². The summed E-state index contributed by atoms with van der Waals surface area (Å²) in [5.41, 5.74) is 1.99. The lowest BCUT2D eigenvalue weighted by Crippen LogP contribution is -2.36. The van der Waals surface area contributed by atoms with E-state index >= 15 is 0 Å². The summed E-state index contributed by atoms with van der Waals surface area (Å²) < 4.78 is 27.7. The molecule has 148 valence electrons. The second-order valence-corrected chi connectivity index (χ2v) is 7.15. The van der Waals surface area contributed by atoms with E-state index < -0.39 is 10.0 Å². The van der Waals surface area contributed by atoms with Gasteiger partial charge in [0.15, 0.2) is 5.96 Å². The lowest BCUT2D eigenvalue weighted by atomic mass is 10.2. The quantitative estimate of drug-likeness (QED) is 0.305. The van der Waals surface area contributed by atoms with Gasteiger partial charge in [0.2, 0.25) is 10.0 Å².